The Bertz CT molecular complexity index is 442. The Morgan fingerprint density at radius 1 is 1.28 bits per heavy atom. The highest BCUT2D eigenvalue weighted by molar-refractivity contribution is 7.98. The molecule has 1 aliphatic rings. The van der Waals surface area contributed by atoms with E-state index in [-0.39, 0.29) is 18.2 Å². The standard InChI is InChI=1S/C14H17NO2S/c1-18-12-7-5-11(6-8-12)13(16)10-15-9-3-2-4-14(15)17/h5-8H,2-4,9-10H2,1H3. The van der Waals surface area contributed by atoms with E-state index in [4.69, 9.17) is 0 Å². The van der Waals surface area contributed by atoms with E-state index in [2.05, 4.69) is 0 Å². The van der Waals surface area contributed by atoms with Gasteiger partial charge in [0.25, 0.3) is 0 Å². The number of ketones is 1. The summed E-state index contributed by atoms with van der Waals surface area (Å²) in [4.78, 5) is 26.5. The quantitative estimate of drug-likeness (QED) is 0.619. The van der Waals surface area contributed by atoms with E-state index in [1.807, 2.05) is 30.5 Å². The molecule has 0 spiro atoms. The molecule has 4 heteroatoms. The summed E-state index contributed by atoms with van der Waals surface area (Å²) in [5.41, 5.74) is 0.686. The molecule has 0 bridgehead atoms. The molecule has 0 atom stereocenters. The van der Waals surface area contributed by atoms with Gasteiger partial charge in [-0.1, -0.05) is 12.1 Å². The minimum Gasteiger partial charge on any atom is -0.335 e. The lowest BCUT2D eigenvalue weighted by Gasteiger charge is -2.25. The van der Waals surface area contributed by atoms with Crippen LogP contribution < -0.4 is 0 Å². The monoisotopic (exact) mass is 263 g/mol. The van der Waals surface area contributed by atoms with Crippen LogP contribution in [0.25, 0.3) is 0 Å². The Morgan fingerprint density at radius 2 is 2.00 bits per heavy atom. The summed E-state index contributed by atoms with van der Waals surface area (Å²) in [6.07, 6.45) is 4.54. The van der Waals surface area contributed by atoms with Crippen molar-refractivity contribution in [1.82, 2.24) is 4.90 Å². The Kier molecular flexibility index (Phi) is 4.42. The Morgan fingerprint density at radius 3 is 2.61 bits per heavy atom. The van der Waals surface area contributed by atoms with E-state index in [1.54, 1.807) is 16.7 Å². The second-order valence-corrected chi connectivity index (χ2v) is 5.30. The van der Waals surface area contributed by atoms with Gasteiger partial charge in [0.2, 0.25) is 5.91 Å². The Balaban J connectivity index is 2.00. The number of hydrogen-bond acceptors (Lipinski definition) is 3. The summed E-state index contributed by atoms with van der Waals surface area (Å²) < 4.78 is 0. The molecule has 96 valence electrons. The van der Waals surface area contributed by atoms with Gasteiger partial charge in [0.05, 0.1) is 6.54 Å². The van der Waals surface area contributed by atoms with Gasteiger partial charge >= 0.3 is 0 Å². The van der Waals surface area contributed by atoms with Crippen molar-refractivity contribution in [3.05, 3.63) is 29.8 Å². The molecule has 18 heavy (non-hydrogen) atoms. The smallest absolute Gasteiger partial charge is 0.222 e. The van der Waals surface area contributed by atoms with Crippen LogP contribution in [0.5, 0.6) is 0 Å². The molecule has 3 nitrogen and oxygen atoms in total. The summed E-state index contributed by atoms with van der Waals surface area (Å²) in [6, 6.07) is 7.55. The molecule has 1 saturated heterocycles. The van der Waals surface area contributed by atoms with Crippen LogP contribution >= 0.6 is 11.8 Å². The lowest BCUT2D eigenvalue weighted by molar-refractivity contribution is -0.132. The van der Waals surface area contributed by atoms with Crippen LogP contribution in [-0.2, 0) is 4.79 Å². The van der Waals surface area contributed by atoms with Crippen molar-refractivity contribution in [3.63, 3.8) is 0 Å². The molecule has 0 aromatic heterocycles. The van der Waals surface area contributed by atoms with Crippen molar-refractivity contribution >= 4 is 23.5 Å². The van der Waals surface area contributed by atoms with Crippen molar-refractivity contribution < 1.29 is 9.59 Å². The highest BCUT2D eigenvalue weighted by Crippen LogP contribution is 2.16. The molecule has 0 saturated carbocycles. The second kappa shape index (κ2) is 6.05. The minimum absolute atomic E-state index is 0.0258. The third-order valence-electron chi connectivity index (χ3n) is 3.17. The van der Waals surface area contributed by atoms with Crippen LogP contribution in [0.15, 0.2) is 29.2 Å². The van der Waals surface area contributed by atoms with Crippen LogP contribution in [0.1, 0.15) is 29.6 Å². The maximum Gasteiger partial charge on any atom is 0.222 e. The van der Waals surface area contributed by atoms with Crippen LogP contribution in [-0.4, -0.2) is 35.9 Å². The SMILES string of the molecule is CSc1ccc(C(=O)CN2CCCCC2=O)cc1. The summed E-state index contributed by atoms with van der Waals surface area (Å²) >= 11 is 1.65. The van der Waals surface area contributed by atoms with Gasteiger partial charge in [0.1, 0.15) is 0 Å². The second-order valence-electron chi connectivity index (χ2n) is 4.42. The fraction of sp³-hybridized carbons (Fsp3) is 0.429. The molecule has 1 aromatic carbocycles. The average Bonchev–Trinajstić information content (AvgIpc) is 2.41. The van der Waals surface area contributed by atoms with E-state index in [1.165, 1.54) is 0 Å². The number of hydrogen-bond donors (Lipinski definition) is 0. The molecule has 0 unspecified atom stereocenters. The molecule has 0 radical (unpaired) electrons. The number of likely N-dealkylation sites (tertiary alicyclic amines) is 1. The fourth-order valence-electron chi connectivity index (χ4n) is 2.07. The molecule has 1 fully saturated rings. The van der Waals surface area contributed by atoms with Gasteiger partial charge < -0.3 is 4.90 Å². The average molecular weight is 263 g/mol. The zero-order valence-electron chi connectivity index (χ0n) is 10.5. The van der Waals surface area contributed by atoms with Gasteiger partial charge in [-0.3, -0.25) is 9.59 Å². The molecule has 0 aliphatic carbocycles. The molecule has 1 heterocycles. The van der Waals surface area contributed by atoms with Crippen molar-refractivity contribution in [2.24, 2.45) is 0 Å². The molecular formula is C14H17NO2S. The number of carbonyl (C=O) groups excluding carboxylic acids is 2. The third-order valence-corrected chi connectivity index (χ3v) is 3.91. The third kappa shape index (κ3) is 3.13. The first-order chi connectivity index (χ1) is 8.70. The van der Waals surface area contributed by atoms with Crippen LogP contribution in [0, 0.1) is 0 Å². The van der Waals surface area contributed by atoms with Crippen molar-refractivity contribution in [2.45, 2.75) is 24.2 Å². The van der Waals surface area contributed by atoms with Gasteiger partial charge in [-0.15, -0.1) is 11.8 Å². The lowest BCUT2D eigenvalue weighted by Crippen LogP contribution is -2.39. The highest BCUT2D eigenvalue weighted by Gasteiger charge is 2.20. The predicted molar refractivity (Wildman–Crippen MR) is 73.0 cm³/mol. The van der Waals surface area contributed by atoms with Crippen LogP contribution in [0.2, 0.25) is 0 Å². The fourth-order valence-corrected chi connectivity index (χ4v) is 2.48. The topological polar surface area (TPSA) is 37.4 Å². The molecule has 1 aliphatic heterocycles. The first kappa shape index (κ1) is 13.1. The lowest BCUT2D eigenvalue weighted by atomic mass is 10.1. The number of nitrogens with zero attached hydrogens (tertiary/aromatic N) is 1. The number of carbonyl (C=O) groups is 2. The van der Waals surface area contributed by atoms with Crippen LogP contribution in [0.3, 0.4) is 0 Å². The Labute approximate surface area is 112 Å². The summed E-state index contributed by atoms with van der Waals surface area (Å²) in [5.74, 6) is 0.133. The van der Waals surface area contributed by atoms with Crippen molar-refractivity contribution in [2.75, 3.05) is 19.3 Å². The molecular weight excluding hydrogens is 246 g/mol. The van der Waals surface area contributed by atoms with Gasteiger partial charge in [-0.25, -0.2) is 0 Å². The van der Waals surface area contributed by atoms with E-state index in [0.29, 0.717) is 18.5 Å². The number of rotatable bonds is 4. The van der Waals surface area contributed by atoms with Gasteiger partial charge in [0.15, 0.2) is 5.78 Å². The normalized spacial score (nSPS) is 15.8. The first-order valence-corrected chi connectivity index (χ1v) is 7.38. The van der Waals surface area contributed by atoms with Crippen molar-refractivity contribution in [1.29, 1.82) is 0 Å². The predicted octanol–water partition coefficient (Wildman–Crippen LogP) is 2.60. The van der Waals surface area contributed by atoms with Crippen molar-refractivity contribution in [3.8, 4) is 0 Å². The number of piperidine rings is 1. The number of amides is 1. The number of benzene rings is 1. The van der Waals surface area contributed by atoms with Gasteiger partial charge in [-0.2, -0.15) is 0 Å². The first-order valence-electron chi connectivity index (χ1n) is 6.16. The van der Waals surface area contributed by atoms with E-state index in [9.17, 15) is 9.59 Å². The molecule has 2 rings (SSSR count). The number of Topliss-reactive ketones (excluding diaryl/α,β-unsaturated/α-hetero) is 1. The zero-order chi connectivity index (χ0) is 13.0. The summed E-state index contributed by atoms with van der Waals surface area (Å²) in [5, 5.41) is 0. The van der Waals surface area contributed by atoms with Gasteiger partial charge in [-0.05, 0) is 31.2 Å². The highest BCUT2D eigenvalue weighted by atomic mass is 32.2. The maximum absolute atomic E-state index is 12.1. The molecule has 1 aromatic rings. The largest absolute Gasteiger partial charge is 0.335 e. The zero-order valence-corrected chi connectivity index (χ0v) is 11.3. The van der Waals surface area contributed by atoms with Gasteiger partial charge in [0, 0.05) is 23.4 Å². The summed E-state index contributed by atoms with van der Waals surface area (Å²) in [6.45, 7) is 0.935. The van der Waals surface area contributed by atoms with Crippen LogP contribution in [0.4, 0.5) is 0 Å². The van der Waals surface area contributed by atoms with E-state index >= 15 is 0 Å². The molecule has 1 amide bonds. The number of thioether (sulfide) groups is 1. The van der Waals surface area contributed by atoms with E-state index in [0.717, 1.165) is 17.7 Å². The van der Waals surface area contributed by atoms with E-state index < -0.39 is 0 Å². The maximum atomic E-state index is 12.1. The summed E-state index contributed by atoms with van der Waals surface area (Å²) in [7, 11) is 0. The molecule has 0 N–H and O–H groups in total. The minimum atomic E-state index is 0.0258. The Hall–Kier alpha value is -1.29.